The molecule has 64 valence electrons. The molecule has 1 rings (SSSR count). The molecule has 0 saturated heterocycles. The fraction of sp³-hybridized carbons (Fsp3) is 0.571. The average molecular weight is 177 g/mol. The maximum atomic E-state index is 5.66. The lowest BCUT2D eigenvalue weighted by Crippen LogP contribution is -2.06. The maximum Gasteiger partial charge on any atom is 0.138 e. The summed E-state index contributed by atoms with van der Waals surface area (Å²) in [6, 6.07) is 0.0197. The second-order valence-electron chi connectivity index (χ2n) is 2.53. The summed E-state index contributed by atoms with van der Waals surface area (Å²) in [6.45, 7) is 5.69. The molecule has 1 aromatic heterocycles. The second kappa shape index (κ2) is 3.74. The third-order valence-electron chi connectivity index (χ3n) is 1.54. The zero-order chi connectivity index (χ0) is 7.72. The highest BCUT2D eigenvalue weighted by Crippen LogP contribution is 2.18. The van der Waals surface area contributed by atoms with Crippen LogP contribution in [0.3, 0.4) is 0 Å². The normalized spacial score (nSPS) is 12.4. The molecule has 2 N–H and O–H groups in total. The van der Waals surface area contributed by atoms with Gasteiger partial charge in [0.2, 0.25) is 0 Å². The Bertz CT molecular complexity index is 213. The zero-order valence-corrected chi connectivity index (χ0v) is 7.73. The molecule has 0 aliphatic carbocycles. The minimum atomic E-state index is 0. The van der Waals surface area contributed by atoms with Crippen molar-refractivity contribution in [2.24, 2.45) is 5.73 Å². The van der Waals surface area contributed by atoms with E-state index in [2.05, 4.69) is 5.16 Å². The van der Waals surface area contributed by atoms with Gasteiger partial charge < -0.3 is 10.3 Å². The first-order valence-electron chi connectivity index (χ1n) is 3.31. The van der Waals surface area contributed by atoms with Crippen molar-refractivity contribution in [3.8, 4) is 0 Å². The zero-order valence-electron chi connectivity index (χ0n) is 6.92. The molecule has 0 amide bonds. The third kappa shape index (κ3) is 1.94. The quantitative estimate of drug-likeness (QED) is 0.709. The van der Waals surface area contributed by atoms with Crippen LogP contribution in [0.4, 0.5) is 0 Å². The molecule has 1 unspecified atom stereocenters. The van der Waals surface area contributed by atoms with Crippen molar-refractivity contribution in [3.05, 3.63) is 17.0 Å². The van der Waals surface area contributed by atoms with Gasteiger partial charge in [0.15, 0.2) is 0 Å². The van der Waals surface area contributed by atoms with E-state index in [1.165, 1.54) is 0 Å². The lowest BCUT2D eigenvalue weighted by molar-refractivity contribution is 0.391. The minimum absolute atomic E-state index is 0. The van der Waals surface area contributed by atoms with E-state index in [4.69, 9.17) is 10.3 Å². The van der Waals surface area contributed by atoms with Gasteiger partial charge in [-0.1, -0.05) is 5.16 Å². The van der Waals surface area contributed by atoms with Gasteiger partial charge in [-0.15, -0.1) is 12.4 Å². The SMILES string of the molecule is Cc1noc(C)c1C(C)N.Cl. The van der Waals surface area contributed by atoms with Crippen LogP contribution < -0.4 is 5.73 Å². The highest BCUT2D eigenvalue weighted by atomic mass is 35.5. The lowest BCUT2D eigenvalue weighted by atomic mass is 10.1. The highest BCUT2D eigenvalue weighted by Gasteiger charge is 2.11. The largest absolute Gasteiger partial charge is 0.361 e. The molecule has 0 aliphatic heterocycles. The summed E-state index contributed by atoms with van der Waals surface area (Å²) in [5.74, 6) is 0.826. The Morgan fingerprint density at radius 2 is 2.00 bits per heavy atom. The number of nitrogens with zero attached hydrogens (tertiary/aromatic N) is 1. The molecule has 1 aromatic rings. The highest BCUT2D eigenvalue weighted by molar-refractivity contribution is 5.85. The van der Waals surface area contributed by atoms with Crippen molar-refractivity contribution in [1.29, 1.82) is 0 Å². The number of hydrogen-bond donors (Lipinski definition) is 1. The Morgan fingerprint density at radius 3 is 2.18 bits per heavy atom. The van der Waals surface area contributed by atoms with Crippen LogP contribution in [-0.2, 0) is 0 Å². The molecule has 0 spiro atoms. The summed E-state index contributed by atoms with van der Waals surface area (Å²) < 4.78 is 4.93. The van der Waals surface area contributed by atoms with E-state index in [-0.39, 0.29) is 18.4 Å². The summed E-state index contributed by atoms with van der Waals surface area (Å²) in [7, 11) is 0. The smallest absolute Gasteiger partial charge is 0.138 e. The van der Waals surface area contributed by atoms with Crippen molar-refractivity contribution in [2.45, 2.75) is 26.8 Å². The van der Waals surface area contributed by atoms with Crippen LogP contribution in [0.15, 0.2) is 4.52 Å². The molecule has 0 aliphatic rings. The molecule has 11 heavy (non-hydrogen) atoms. The predicted molar refractivity (Wildman–Crippen MR) is 45.8 cm³/mol. The van der Waals surface area contributed by atoms with E-state index in [9.17, 15) is 0 Å². The Labute approximate surface area is 72.3 Å². The fourth-order valence-electron chi connectivity index (χ4n) is 1.14. The summed E-state index contributed by atoms with van der Waals surface area (Å²) in [5, 5.41) is 3.78. The molecule has 1 atom stereocenters. The van der Waals surface area contributed by atoms with Crippen LogP contribution in [0.25, 0.3) is 0 Å². The van der Waals surface area contributed by atoms with Gasteiger partial charge in [0.25, 0.3) is 0 Å². The van der Waals surface area contributed by atoms with Gasteiger partial charge in [0.1, 0.15) is 5.76 Å². The van der Waals surface area contributed by atoms with Crippen molar-refractivity contribution < 1.29 is 4.52 Å². The monoisotopic (exact) mass is 176 g/mol. The van der Waals surface area contributed by atoms with Crippen molar-refractivity contribution in [1.82, 2.24) is 5.16 Å². The van der Waals surface area contributed by atoms with Crippen LogP contribution in [0.1, 0.15) is 30.0 Å². The van der Waals surface area contributed by atoms with Crippen LogP contribution in [-0.4, -0.2) is 5.16 Å². The van der Waals surface area contributed by atoms with E-state index < -0.39 is 0 Å². The van der Waals surface area contributed by atoms with E-state index in [1.807, 2.05) is 20.8 Å². The summed E-state index contributed by atoms with van der Waals surface area (Å²) in [5.41, 5.74) is 7.58. The summed E-state index contributed by atoms with van der Waals surface area (Å²) in [4.78, 5) is 0. The van der Waals surface area contributed by atoms with Crippen LogP contribution in [0.5, 0.6) is 0 Å². The molecule has 3 nitrogen and oxygen atoms in total. The first-order valence-corrected chi connectivity index (χ1v) is 3.31. The van der Waals surface area contributed by atoms with Crippen molar-refractivity contribution in [2.75, 3.05) is 0 Å². The lowest BCUT2D eigenvalue weighted by Gasteiger charge is -2.01. The number of aryl methyl sites for hydroxylation is 2. The Balaban J connectivity index is 0.000001000. The molecule has 1 heterocycles. The fourth-order valence-corrected chi connectivity index (χ4v) is 1.14. The number of nitrogens with two attached hydrogens (primary N) is 1. The van der Waals surface area contributed by atoms with Gasteiger partial charge in [0.05, 0.1) is 5.69 Å². The van der Waals surface area contributed by atoms with Gasteiger partial charge in [-0.25, -0.2) is 0 Å². The first kappa shape index (κ1) is 10.5. The van der Waals surface area contributed by atoms with Crippen LogP contribution in [0, 0.1) is 13.8 Å². The standard InChI is InChI=1S/C7H12N2O.ClH/c1-4(8)7-5(2)9-10-6(7)3;/h4H,8H2,1-3H3;1H. The van der Waals surface area contributed by atoms with Gasteiger partial charge in [-0.3, -0.25) is 0 Å². The molecular formula is C7H13ClN2O. The second-order valence-corrected chi connectivity index (χ2v) is 2.53. The first-order chi connectivity index (χ1) is 4.63. The number of halogens is 1. The van der Waals surface area contributed by atoms with E-state index in [0.29, 0.717) is 0 Å². The minimum Gasteiger partial charge on any atom is -0.361 e. The van der Waals surface area contributed by atoms with Crippen molar-refractivity contribution in [3.63, 3.8) is 0 Å². The molecule has 4 heteroatoms. The predicted octanol–water partition coefficient (Wildman–Crippen LogP) is 1.73. The molecule has 0 saturated carbocycles. The van der Waals surface area contributed by atoms with Crippen molar-refractivity contribution >= 4 is 12.4 Å². The Kier molecular flexibility index (Phi) is 3.55. The Hall–Kier alpha value is -0.540. The molecule has 0 radical (unpaired) electrons. The molecule has 0 aromatic carbocycles. The molecular weight excluding hydrogens is 164 g/mol. The summed E-state index contributed by atoms with van der Waals surface area (Å²) >= 11 is 0. The molecule has 0 bridgehead atoms. The summed E-state index contributed by atoms with van der Waals surface area (Å²) in [6.07, 6.45) is 0. The third-order valence-corrected chi connectivity index (χ3v) is 1.54. The van der Waals surface area contributed by atoms with Gasteiger partial charge in [-0.2, -0.15) is 0 Å². The van der Waals surface area contributed by atoms with Gasteiger partial charge in [0, 0.05) is 11.6 Å². The van der Waals surface area contributed by atoms with E-state index in [1.54, 1.807) is 0 Å². The number of aromatic nitrogens is 1. The van der Waals surface area contributed by atoms with Crippen LogP contribution >= 0.6 is 12.4 Å². The van der Waals surface area contributed by atoms with Crippen LogP contribution in [0.2, 0.25) is 0 Å². The molecule has 0 fully saturated rings. The maximum absolute atomic E-state index is 5.66. The Morgan fingerprint density at radius 1 is 1.45 bits per heavy atom. The van der Waals surface area contributed by atoms with E-state index in [0.717, 1.165) is 17.0 Å². The van der Waals surface area contributed by atoms with Gasteiger partial charge >= 0.3 is 0 Å². The topological polar surface area (TPSA) is 52.0 Å². The number of rotatable bonds is 1. The van der Waals surface area contributed by atoms with E-state index >= 15 is 0 Å². The average Bonchev–Trinajstić information content (AvgIpc) is 2.11. The van der Waals surface area contributed by atoms with Gasteiger partial charge in [-0.05, 0) is 20.8 Å². The number of hydrogen-bond acceptors (Lipinski definition) is 3.